The van der Waals surface area contributed by atoms with Crippen molar-refractivity contribution in [1.82, 2.24) is 0 Å². The van der Waals surface area contributed by atoms with E-state index in [0.717, 1.165) is 0 Å². The van der Waals surface area contributed by atoms with Gasteiger partial charge in [0.15, 0.2) is 6.04 Å². The molecule has 2 rings (SSSR count). The number of aliphatic carboxylic acids is 1. The van der Waals surface area contributed by atoms with E-state index in [0.29, 0.717) is 5.06 Å². The van der Waals surface area contributed by atoms with Gasteiger partial charge in [0.25, 0.3) is 0 Å². The topological polar surface area (TPSA) is 60.8 Å². The van der Waals surface area contributed by atoms with Crippen molar-refractivity contribution in [3.8, 4) is 0 Å². The molecule has 1 unspecified atom stereocenters. The normalized spacial score (nSPS) is 19.6. The Bertz CT molecular complexity index is 394. The average molecular weight is 197 g/mol. The molecular weight excluding hydrogens is 189 g/mol. The van der Waals surface area contributed by atoms with Crippen molar-refractivity contribution in [2.45, 2.75) is 12.5 Å². The maximum Gasteiger partial charge on any atom is 0.329 e. The number of carboxylic acids is 1. The number of benzene rings is 1. The summed E-state index contributed by atoms with van der Waals surface area (Å²) in [5.41, 5.74) is 0.486. The summed E-state index contributed by atoms with van der Waals surface area (Å²) in [6.07, 6.45) is -0.00611. The number of hydrogen-bond acceptors (Lipinski definition) is 3. The Balaban J connectivity index is 2.45. The minimum atomic E-state index is -1.16. The number of carboxylic acid groups (broad SMARTS) is 1. The van der Waals surface area contributed by atoms with Gasteiger partial charge < -0.3 is 5.11 Å². The van der Waals surface area contributed by atoms with Gasteiger partial charge in [0.1, 0.15) is 5.82 Å². The maximum absolute atomic E-state index is 13.2. The standard InChI is InChI=1S/C9H8FNO3/c10-6-2-1-3-7-5(6)4-8(9(12)13)11(7)14/h1-3,8,14H,4H2,(H,12,13). The van der Waals surface area contributed by atoms with Crippen LogP contribution in [-0.2, 0) is 11.2 Å². The van der Waals surface area contributed by atoms with Crippen molar-refractivity contribution in [1.29, 1.82) is 0 Å². The number of rotatable bonds is 1. The van der Waals surface area contributed by atoms with Crippen molar-refractivity contribution < 1.29 is 19.5 Å². The molecule has 14 heavy (non-hydrogen) atoms. The third-order valence-corrected chi connectivity index (χ3v) is 2.32. The van der Waals surface area contributed by atoms with E-state index in [-0.39, 0.29) is 17.7 Å². The summed E-state index contributed by atoms with van der Waals surface area (Å²) >= 11 is 0. The quantitative estimate of drug-likeness (QED) is 0.705. The zero-order valence-electron chi connectivity index (χ0n) is 7.14. The van der Waals surface area contributed by atoms with E-state index >= 15 is 0 Å². The van der Waals surface area contributed by atoms with Crippen LogP contribution < -0.4 is 5.06 Å². The van der Waals surface area contributed by atoms with Crippen LogP contribution in [-0.4, -0.2) is 22.3 Å². The van der Waals surface area contributed by atoms with E-state index in [2.05, 4.69) is 0 Å². The van der Waals surface area contributed by atoms with E-state index in [1.54, 1.807) is 0 Å². The molecule has 0 spiro atoms. The zero-order valence-corrected chi connectivity index (χ0v) is 7.14. The third kappa shape index (κ3) is 1.13. The lowest BCUT2D eigenvalue weighted by Gasteiger charge is -2.15. The molecule has 0 bridgehead atoms. The lowest BCUT2D eigenvalue weighted by atomic mass is 10.1. The molecule has 74 valence electrons. The second-order valence-electron chi connectivity index (χ2n) is 3.14. The number of anilines is 1. The van der Waals surface area contributed by atoms with Crippen LogP contribution in [0.2, 0.25) is 0 Å². The first-order valence-corrected chi connectivity index (χ1v) is 4.09. The Morgan fingerprint density at radius 2 is 2.29 bits per heavy atom. The Morgan fingerprint density at radius 3 is 2.86 bits per heavy atom. The zero-order chi connectivity index (χ0) is 10.3. The minimum Gasteiger partial charge on any atom is -0.480 e. The molecule has 4 nitrogen and oxygen atoms in total. The molecule has 0 amide bonds. The van der Waals surface area contributed by atoms with Crippen LogP contribution in [0.1, 0.15) is 5.56 Å². The van der Waals surface area contributed by atoms with Gasteiger partial charge in [-0.15, -0.1) is 0 Å². The molecule has 1 heterocycles. The number of nitrogens with zero attached hydrogens (tertiary/aromatic N) is 1. The van der Waals surface area contributed by atoms with Gasteiger partial charge in [-0.2, -0.15) is 0 Å². The smallest absolute Gasteiger partial charge is 0.329 e. The first-order valence-electron chi connectivity index (χ1n) is 4.09. The summed E-state index contributed by atoms with van der Waals surface area (Å²) in [5.74, 6) is -1.64. The Labute approximate surface area is 79.1 Å². The molecule has 1 aromatic carbocycles. The highest BCUT2D eigenvalue weighted by atomic mass is 19.1. The number of carbonyl (C=O) groups is 1. The van der Waals surface area contributed by atoms with Gasteiger partial charge in [0.05, 0.1) is 5.69 Å². The third-order valence-electron chi connectivity index (χ3n) is 2.32. The highest BCUT2D eigenvalue weighted by Gasteiger charge is 2.35. The molecular formula is C9H8FNO3. The van der Waals surface area contributed by atoms with Gasteiger partial charge in [-0.25, -0.2) is 14.2 Å². The number of halogens is 1. The molecule has 2 N–H and O–H groups in total. The summed E-state index contributed by atoms with van der Waals surface area (Å²) in [6.45, 7) is 0. The predicted molar refractivity (Wildman–Crippen MR) is 45.8 cm³/mol. The van der Waals surface area contributed by atoms with Crippen molar-refractivity contribution in [2.75, 3.05) is 5.06 Å². The fraction of sp³-hybridized carbons (Fsp3) is 0.222. The summed E-state index contributed by atoms with van der Waals surface area (Å²) in [5, 5.41) is 18.7. The first kappa shape index (κ1) is 8.96. The number of hydrogen-bond donors (Lipinski definition) is 2. The Morgan fingerprint density at radius 1 is 1.57 bits per heavy atom. The second-order valence-corrected chi connectivity index (χ2v) is 3.14. The molecule has 1 atom stereocenters. The van der Waals surface area contributed by atoms with Gasteiger partial charge in [-0.05, 0) is 12.1 Å². The lowest BCUT2D eigenvalue weighted by Crippen LogP contribution is -2.35. The minimum absolute atomic E-state index is 0.00611. The fourth-order valence-electron chi connectivity index (χ4n) is 1.60. The Hall–Kier alpha value is -1.62. The molecule has 0 aliphatic carbocycles. The second kappa shape index (κ2) is 2.95. The molecule has 0 saturated heterocycles. The Kier molecular flexibility index (Phi) is 1.89. The van der Waals surface area contributed by atoms with Gasteiger partial charge in [0, 0.05) is 12.0 Å². The SMILES string of the molecule is O=C(O)C1Cc2c(F)cccc2N1O. The lowest BCUT2D eigenvalue weighted by molar-refractivity contribution is -0.139. The van der Waals surface area contributed by atoms with Crippen molar-refractivity contribution in [3.63, 3.8) is 0 Å². The summed E-state index contributed by atoms with van der Waals surface area (Å²) < 4.78 is 13.2. The van der Waals surface area contributed by atoms with Gasteiger partial charge in [0.2, 0.25) is 0 Å². The molecule has 1 aliphatic heterocycles. The monoisotopic (exact) mass is 197 g/mol. The van der Waals surface area contributed by atoms with Crippen molar-refractivity contribution >= 4 is 11.7 Å². The van der Waals surface area contributed by atoms with Crippen LogP contribution >= 0.6 is 0 Å². The maximum atomic E-state index is 13.2. The van der Waals surface area contributed by atoms with E-state index < -0.39 is 17.8 Å². The van der Waals surface area contributed by atoms with Crippen LogP contribution in [0.15, 0.2) is 18.2 Å². The van der Waals surface area contributed by atoms with E-state index in [4.69, 9.17) is 5.11 Å². The summed E-state index contributed by atoms with van der Waals surface area (Å²) in [6, 6.07) is 3.08. The molecule has 1 aromatic rings. The first-order chi connectivity index (χ1) is 6.61. The molecule has 1 aliphatic rings. The fourth-order valence-corrected chi connectivity index (χ4v) is 1.60. The highest BCUT2D eigenvalue weighted by molar-refractivity contribution is 5.81. The molecule has 5 heteroatoms. The van der Waals surface area contributed by atoms with E-state index in [1.165, 1.54) is 18.2 Å². The molecule has 0 radical (unpaired) electrons. The van der Waals surface area contributed by atoms with Gasteiger partial charge in [-0.1, -0.05) is 6.07 Å². The number of fused-ring (bicyclic) bond motifs is 1. The van der Waals surface area contributed by atoms with Gasteiger partial charge in [-0.3, -0.25) is 5.21 Å². The van der Waals surface area contributed by atoms with Crippen molar-refractivity contribution in [2.24, 2.45) is 0 Å². The van der Waals surface area contributed by atoms with Crippen LogP contribution in [0.5, 0.6) is 0 Å². The van der Waals surface area contributed by atoms with E-state index in [9.17, 15) is 14.4 Å². The van der Waals surface area contributed by atoms with Crippen LogP contribution in [0, 0.1) is 5.82 Å². The molecule has 0 saturated carbocycles. The largest absolute Gasteiger partial charge is 0.480 e. The van der Waals surface area contributed by atoms with Crippen LogP contribution in [0.4, 0.5) is 10.1 Å². The predicted octanol–water partition coefficient (Wildman–Crippen LogP) is 1.03. The molecule has 0 fully saturated rings. The molecule has 0 aromatic heterocycles. The van der Waals surface area contributed by atoms with Crippen LogP contribution in [0.25, 0.3) is 0 Å². The highest BCUT2D eigenvalue weighted by Crippen LogP contribution is 2.32. The average Bonchev–Trinajstić information content (AvgIpc) is 2.46. The number of hydroxylamine groups is 1. The van der Waals surface area contributed by atoms with Crippen LogP contribution in [0.3, 0.4) is 0 Å². The summed E-state index contributed by atoms with van der Waals surface area (Å²) in [7, 11) is 0. The van der Waals surface area contributed by atoms with E-state index in [1.807, 2.05) is 0 Å². The van der Waals surface area contributed by atoms with Gasteiger partial charge >= 0.3 is 5.97 Å². The van der Waals surface area contributed by atoms with Crippen molar-refractivity contribution in [3.05, 3.63) is 29.6 Å². The summed E-state index contributed by atoms with van der Waals surface area (Å²) in [4.78, 5) is 10.7.